The minimum atomic E-state index is 0.619. The van der Waals surface area contributed by atoms with Crippen LogP contribution >= 0.6 is 11.9 Å². The Labute approximate surface area is 155 Å². The molecule has 4 aromatic rings. The van der Waals surface area contributed by atoms with Crippen molar-refractivity contribution < 1.29 is 5.11 Å². The Kier molecular flexibility index (Phi) is 5.24. The molecular weight excluding hydrogens is 342 g/mol. The van der Waals surface area contributed by atoms with Gasteiger partial charge in [0, 0.05) is 22.8 Å². The van der Waals surface area contributed by atoms with E-state index in [1.165, 1.54) is 0 Å². The second-order valence-electron chi connectivity index (χ2n) is 5.39. The fourth-order valence-electron chi connectivity index (χ4n) is 2.81. The summed E-state index contributed by atoms with van der Waals surface area (Å²) in [5.41, 5.74) is 3.31. The van der Waals surface area contributed by atoms with Gasteiger partial charge in [-0.25, -0.2) is 0 Å². The number of hydrogen-bond acceptors (Lipinski definition) is 4. The lowest BCUT2D eigenvalue weighted by Crippen LogP contribution is -1.86. The Morgan fingerprint density at radius 2 is 1.27 bits per heavy atom. The number of rotatable bonds is 2. The van der Waals surface area contributed by atoms with Gasteiger partial charge in [0.15, 0.2) is 0 Å². The van der Waals surface area contributed by atoms with Gasteiger partial charge in [0.25, 0.3) is 0 Å². The highest BCUT2D eigenvalue weighted by atomic mass is 32.2. The third-order valence-electron chi connectivity index (χ3n) is 3.92. The molecule has 1 aromatic heterocycles. The fraction of sp³-hybridized carbons (Fsp3) is 0.0476. The van der Waals surface area contributed by atoms with Crippen molar-refractivity contribution in [3.8, 4) is 12.1 Å². The van der Waals surface area contributed by atoms with Crippen molar-refractivity contribution in [1.29, 1.82) is 10.5 Å². The highest BCUT2D eigenvalue weighted by Crippen LogP contribution is 2.36. The molecule has 0 saturated heterocycles. The quantitative estimate of drug-likeness (QED) is 0.564. The van der Waals surface area contributed by atoms with E-state index < -0.39 is 0 Å². The first-order valence-corrected chi connectivity index (χ1v) is 8.64. The summed E-state index contributed by atoms with van der Waals surface area (Å²) in [7, 11) is 1.00. The van der Waals surface area contributed by atoms with Crippen LogP contribution < -0.4 is 0 Å². The second kappa shape index (κ2) is 7.76. The Bertz CT molecular complexity index is 1080. The van der Waals surface area contributed by atoms with E-state index in [1.807, 2.05) is 54.6 Å². The summed E-state index contributed by atoms with van der Waals surface area (Å²) < 4.78 is 2.16. The Hall–Kier alpha value is -3.25. The van der Waals surface area contributed by atoms with Gasteiger partial charge in [-0.15, -0.1) is 0 Å². The lowest BCUT2D eigenvalue weighted by Gasteiger charge is -2.06. The fourth-order valence-corrected chi connectivity index (χ4v) is 3.82. The average Bonchev–Trinajstić information content (AvgIpc) is 3.02. The molecule has 4 rings (SSSR count). The molecule has 0 aliphatic carbocycles. The number of aromatic nitrogens is 1. The maximum Gasteiger partial charge on any atom is 0.0991 e. The van der Waals surface area contributed by atoms with Crippen molar-refractivity contribution in [2.24, 2.45) is 0 Å². The van der Waals surface area contributed by atoms with Crippen LogP contribution in [0.1, 0.15) is 11.1 Å². The topological polar surface area (TPSA) is 72.7 Å². The van der Waals surface area contributed by atoms with Crippen LogP contribution in [0, 0.1) is 22.7 Å². The SMILES string of the molecule is CO.N#Cc1ccc2c(c1)c1cc(C#N)ccc1n2Sc1ccccc1. The molecule has 126 valence electrons. The van der Waals surface area contributed by atoms with E-state index in [1.54, 1.807) is 11.9 Å². The van der Waals surface area contributed by atoms with Gasteiger partial charge in [0.1, 0.15) is 0 Å². The molecule has 0 spiro atoms. The molecule has 0 atom stereocenters. The number of aliphatic hydroxyl groups excluding tert-OH is 1. The van der Waals surface area contributed by atoms with Gasteiger partial charge in [0.2, 0.25) is 0 Å². The van der Waals surface area contributed by atoms with Crippen LogP contribution in [0.25, 0.3) is 21.8 Å². The van der Waals surface area contributed by atoms with Crippen molar-refractivity contribution in [3.63, 3.8) is 0 Å². The van der Waals surface area contributed by atoms with Crippen molar-refractivity contribution in [1.82, 2.24) is 3.97 Å². The molecule has 5 heteroatoms. The molecule has 0 aliphatic rings. The van der Waals surface area contributed by atoms with Crippen LogP contribution in [-0.2, 0) is 0 Å². The van der Waals surface area contributed by atoms with Crippen LogP contribution in [0.2, 0.25) is 0 Å². The summed E-state index contributed by atoms with van der Waals surface area (Å²) in [5, 5.41) is 27.4. The first-order valence-electron chi connectivity index (χ1n) is 7.87. The lowest BCUT2D eigenvalue weighted by molar-refractivity contribution is 0.399. The minimum absolute atomic E-state index is 0.619. The Balaban J connectivity index is 0.000000948. The van der Waals surface area contributed by atoms with E-state index in [2.05, 4.69) is 28.2 Å². The molecule has 0 saturated carbocycles. The van der Waals surface area contributed by atoms with E-state index in [-0.39, 0.29) is 0 Å². The summed E-state index contributed by atoms with van der Waals surface area (Å²) in [4.78, 5) is 1.13. The van der Waals surface area contributed by atoms with E-state index >= 15 is 0 Å². The number of aliphatic hydroxyl groups is 1. The van der Waals surface area contributed by atoms with Gasteiger partial charge in [-0.2, -0.15) is 10.5 Å². The first kappa shape index (κ1) is 17.6. The van der Waals surface area contributed by atoms with Crippen LogP contribution in [0.3, 0.4) is 0 Å². The van der Waals surface area contributed by atoms with E-state index in [0.29, 0.717) is 11.1 Å². The molecule has 0 aliphatic heterocycles. The molecule has 0 bridgehead atoms. The summed E-state index contributed by atoms with van der Waals surface area (Å²) in [5.74, 6) is 0. The average molecular weight is 357 g/mol. The monoisotopic (exact) mass is 357 g/mol. The largest absolute Gasteiger partial charge is 0.400 e. The molecular formula is C21H15N3OS. The number of fused-ring (bicyclic) bond motifs is 3. The first-order chi connectivity index (χ1) is 12.8. The Morgan fingerprint density at radius 3 is 1.73 bits per heavy atom. The highest BCUT2D eigenvalue weighted by Gasteiger charge is 2.13. The molecule has 1 heterocycles. The summed E-state index contributed by atoms with van der Waals surface area (Å²) in [6, 6.07) is 25.9. The maximum atomic E-state index is 9.20. The van der Waals surface area contributed by atoms with Crippen molar-refractivity contribution in [2.75, 3.05) is 7.11 Å². The van der Waals surface area contributed by atoms with Crippen molar-refractivity contribution in [3.05, 3.63) is 77.9 Å². The molecule has 0 unspecified atom stereocenters. The molecule has 26 heavy (non-hydrogen) atoms. The number of nitrogens with zero attached hydrogens (tertiary/aromatic N) is 3. The lowest BCUT2D eigenvalue weighted by atomic mass is 10.1. The summed E-state index contributed by atoms with van der Waals surface area (Å²) in [6.07, 6.45) is 0. The van der Waals surface area contributed by atoms with E-state index in [0.717, 1.165) is 33.8 Å². The second-order valence-corrected chi connectivity index (χ2v) is 6.41. The third-order valence-corrected chi connectivity index (χ3v) is 4.98. The maximum absolute atomic E-state index is 9.20. The Morgan fingerprint density at radius 1 is 0.769 bits per heavy atom. The van der Waals surface area contributed by atoms with Crippen molar-refractivity contribution in [2.45, 2.75) is 4.90 Å². The molecule has 3 aromatic carbocycles. The standard InChI is InChI=1S/C20H11N3S.CH4O/c21-12-14-6-8-19-17(10-14)18-11-15(13-22)7-9-20(18)23(19)24-16-4-2-1-3-5-16;1-2/h1-11H;2H,1H3. The zero-order chi connectivity index (χ0) is 18.5. The molecule has 0 amide bonds. The zero-order valence-electron chi connectivity index (χ0n) is 14.0. The molecule has 0 radical (unpaired) electrons. The van der Waals surface area contributed by atoms with Crippen LogP contribution in [0.15, 0.2) is 71.6 Å². The molecule has 0 fully saturated rings. The van der Waals surface area contributed by atoms with Crippen molar-refractivity contribution >= 4 is 33.8 Å². The van der Waals surface area contributed by atoms with E-state index in [9.17, 15) is 10.5 Å². The van der Waals surface area contributed by atoms with Crippen LogP contribution in [0.5, 0.6) is 0 Å². The predicted molar refractivity (Wildman–Crippen MR) is 105 cm³/mol. The number of benzene rings is 3. The molecule has 1 N–H and O–H groups in total. The van der Waals surface area contributed by atoms with Gasteiger partial charge in [-0.05, 0) is 60.5 Å². The van der Waals surface area contributed by atoms with Gasteiger partial charge >= 0.3 is 0 Å². The number of hydrogen-bond donors (Lipinski definition) is 1. The zero-order valence-corrected chi connectivity index (χ0v) is 14.9. The van der Waals surface area contributed by atoms with Gasteiger partial charge in [0.05, 0.1) is 34.3 Å². The van der Waals surface area contributed by atoms with Gasteiger partial charge in [-0.3, -0.25) is 3.97 Å². The van der Waals surface area contributed by atoms with E-state index in [4.69, 9.17) is 5.11 Å². The number of nitriles is 2. The molecule has 4 nitrogen and oxygen atoms in total. The summed E-state index contributed by atoms with van der Waals surface area (Å²) >= 11 is 1.63. The van der Waals surface area contributed by atoms with Gasteiger partial charge < -0.3 is 5.11 Å². The smallest absolute Gasteiger partial charge is 0.0991 e. The third kappa shape index (κ3) is 3.14. The van der Waals surface area contributed by atoms with Crippen LogP contribution in [-0.4, -0.2) is 16.2 Å². The predicted octanol–water partition coefficient (Wildman–Crippen LogP) is 4.70. The normalized spacial score (nSPS) is 10.0. The highest BCUT2D eigenvalue weighted by molar-refractivity contribution is 7.98. The van der Waals surface area contributed by atoms with Gasteiger partial charge in [-0.1, -0.05) is 18.2 Å². The minimum Gasteiger partial charge on any atom is -0.400 e. The van der Waals surface area contributed by atoms with Crippen LogP contribution in [0.4, 0.5) is 0 Å². The summed E-state index contributed by atoms with van der Waals surface area (Å²) in [6.45, 7) is 0.